The molecule has 0 bridgehead atoms. The summed E-state index contributed by atoms with van der Waals surface area (Å²) in [6.45, 7) is 6.37. The summed E-state index contributed by atoms with van der Waals surface area (Å²) in [5.41, 5.74) is 3.14. The van der Waals surface area contributed by atoms with Gasteiger partial charge in [-0.25, -0.2) is 0 Å². The molecule has 1 aliphatic carbocycles. The Balaban J connectivity index is 1.86. The minimum Gasteiger partial charge on any atom is -0.381 e. The first-order valence-corrected chi connectivity index (χ1v) is 7.75. The Kier molecular flexibility index (Phi) is 2.67. The zero-order valence-corrected chi connectivity index (χ0v) is 12.7. The molecule has 3 heterocycles. The summed E-state index contributed by atoms with van der Waals surface area (Å²) >= 11 is 0. The Morgan fingerprint density at radius 1 is 1.19 bits per heavy atom. The van der Waals surface area contributed by atoms with Gasteiger partial charge in [-0.05, 0) is 24.7 Å². The van der Waals surface area contributed by atoms with E-state index >= 15 is 0 Å². The fourth-order valence-electron chi connectivity index (χ4n) is 4.34. The van der Waals surface area contributed by atoms with Crippen molar-refractivity contribution in [2.45, 2.75) is 39.5 Å². The molecule has 3 aliphatic heterocycles. The summed E-state index contributed by atoms with van der Waals surface area (Å²) in [4.78, 5) is 12.9. The van der Waals surface area contributed by atoms with Crippen molar-refractivity contribution in [2.75, 3.05) is 19.8 Å². The van der Waals surface area contributed by atoms with Crippen molar-refractivity contribution < 1.29 is 9.53 Å². The van der Waals surface area contributed by atoms with Crippen LogP contribution >= 0.6 is 0 Å². The fraction of sp³-hybridized carbons (Fsp3) is 0.688. The van der Waals surface area contributed by atoms with Crippen molar-refractivity contribution in [2.24, 2.45) is 21.1 Å². The Morgan fingerprint density at radius 2 is 1.95 bits per heavy atom. The van der Waals surface area contributed by atoms with Crippen LogP contribution in [-0.4, -0.2) is 25.5 Å². The number of carbonyl (C=O) groups excluding carboxylic acids is 1. The molecule has 0 aromatic rings. The number of nitrogens with zero attached hydrogens (tertiary/aromatic N) is 2. The van der Waals surface area contributed by atoms with Crippen molar-refractivity contribution in [3.63, 3.8) is 0 Å². The van der Waals surface area contributed by atoms with Crippen LogP contribution in [0.15, 0.2) is 32.9 Å². The first kappa shape index (κ1) is 13.2. The highest BCUT2D eigenvalue weighted by Crippen LogP contribution is 2.54. The molecule has 0 aromatic carbocycles. The van der Waals surface area contributed by atoms with Crippen LogP contribution in [0.3, 0.4) is 0 Å². The Labute approximate surface area is 124 Å². The zero-order valence-electron chi connectivity index (χ0n) is 12.7. The normalized spacial score (nSPS) is 29.5. The molecule has 0 saturated carbocycles. The van der Waals surface area contributed by atoms with Crippen molar-refractivity contribution in [1.29, 1.82) is 0 Å². The smallest absolute Gasteiger partial charge is 0.162 e. The highest BCUT2D eigenvalue weighted by atomic mass is 16.5. The molecule has 0 radical (unpaired) electrons. The number of Topliss-reactive ketones (excluding diaryl/α,β-unsaturated/α-hetero) is 1. The van der Waals surface area contributed by atoms with E-state index in [2.05, 4.69) is 29.4 Å². The lowest BCUT2D eigenvalue weighted by Gasteiger charge is -2.47. The lowest BCUT2D eigenvalue weighted by atomic mass is 9.60. The third-order valence-corrected chi connectivity index (χ3v) is 5.23. The van der Waals surface area contributed by atoms with Gasteiger partial charge in [-0.1, -0.05) is 13.8 Å². The molecule has 21 heavy (non-hydrogen) atoms. The van der Waals surface area contributed by atoms with Gasteiger partial charge in [0.2, 0.25) is 0 Å². The van der Waals surface area contributed by atoms with E-state index in [0.717, 1.165) is 36.4 Å². The van der Waals surface area contributed by atoms with Crippen LogP contribution in [0.2, 0.25) is 0 Å². The zero-order chi connectivity index (χ0) is 14.7. The van der Waals surface area contributed by atoms with Crippen LogP contribution in [0.4, 0.5) is 0 Å². The second-order valence-corrected chi connectivity index (χ2v) is 7.34. The molecule has 4 aliphatic rings. The first-order chi connectivity index (χ1) is 10.0. The molecule has 1 saturated heterocycles. The molecule has 112 valence electrons. The van der Waals surface area contributed by atoms with E-state index in [1.807, 2.05) is 0 Å². The maximum atomic E-state index is 12.9. The fourth-order valence-corrected chi connectivity index (χ4v) is 4.34. The average Bonchev–Trinajstić information content (AvgIpc) is 2.86. The molecule has 1 fully saturated rings. The van der Waals surface area contributed by atoms with Crippen LogP contribution in [0, 0.1) is 10.8 Å². The number of ketones is 1. The van der Waals surface area contributed by atoms with Crippen molar-refractivity contribution in [3.05, 3.63) is 22.7 Å². The van der Waals surface area contributed by atoms with E-state index in [4.69, 9.17) is 4.74 Å². The topological polar surface area (TPSA) is 63.0 Å². The molecule has 0 amide bonds. The molecular formula is C16H21N3O2. The Morgan fingerprint density at radius 3 is 2.71 bits per heavy atom. The molecule has 0 unspecified atom stereocenters. The first-order valence-electron chi connectivity index (χ1n) is 7.75. The Hall–Kier alpha value is -1.49. The minimum absolute atomic E-state index is 0.0169. The van der Waals surface area contributed by atoms with Gasteiger partial charge in [-0.15, -0.1) is 5.11 Å². The second kappa shape index (κ2) is 4.26. The van der Waals surface area contributed by atoms with E-state index in [9.17, 15) is 4.79 Å². The van der Waals surface area contributed by atoms with Crippen molar-refractivity contribution in [3.8, 4) is 0 Å². The number of fused-ring (bicyclic) bond motifs is 2. The van der Waals surface area contributed by atoms with Gasteiger partial charge in [-0.3, -0.25) is 4.79 Å². The molecule has 0 atom stereocenters. The number of rotatable bonds is 0. The van der Waals surface area contributed by atoms with Gasteiger partial charge in [-0.2, -0.15) is 5.11 Å². The number of azo groups is 1. The molecule has 1 N–H and O–H groups in total. The summed E-state index contributed by atoms with van der Waals surface area (Å²) in [6, 6.07) is 0. The van der Waals surface area contributed by atoms with Crippen LogP contribution < -0.4 is 5.32 Å². The molecule has 1 spiro atoms. The van der Waals surface area contributed by atoms with E-state index in [-0.39, 0.29) is 10.8 Å². The van der Waals surface area contributed by atoms with Gasteiger partial charge < -0.3 is 10.1 Å². The lowest BCUT2D eigenvalue weighted by Crippen LogP contribution is -2.46. The molecule has 0 aromatic heterocycles. The average molecular weight is 287 g/mol. The summed E-state index contributed by atoms with van der Waals surface area (Å²) in [6.07, 6.45) is 3.29. The van der Waals surface area contributed by atoms with E-state index in [1.54, 1.807) is 0 Å². The summed E-state index contributed by atoms with van der Waals surface area (Å²) in [5, 5.41) is 11.9. The van der Waals surface area contributed by atoms with Crippen molar-refractivity contribution >= 4 is 5.78 Å². The summed E-state index contributed by atoms with van der Waals surface area (Å²) in [7, 11) is 0. The highest BCUT2D eigenvalue weighted by molar-refractivity contribution is 6.00. The van der Waals surface area contributed by atoms with Crippen LogP contribution in [0.25, 0.3) is 0 Å². The SMILES string of the molecule is CC1(C)CC(=O)C2=C(C1)NC1=C(CN=N1)C21CCOCC1. The standard InChI is InChI=1S/C16H21N3O2/c1-15(2)7-11-13(12(20)8-15)16(3-5-21-6-4-16)10-9-17-19-14(10)18-11/h18H,3-9H2,1-2H3. The minimum atomic E-state index is -0.175. The number of carbonyl (C=O) groups is 1. The monoisotopic (exact) mass is 287 g/mol. The lowest BCUT2D eigenvalue weighted by molar-refractivity contribution is -0.120. The maximum Gasteiger partial charge on any atom is 0.162 e. The Bertz CT molecular complexity index is 607. The third-order valence-electron chi connectivity index (χ3n) is 5.23. The molecule has 5 nitrogen and oxygen atoms in total. The van der Waals surface area contributed by atoms with Gasteiger partial charge in [0.1, 0.15) is 0 Å². The van der Waals surface area contributed by atoms with Gasteiger partial charge >= 0.3 is 0 Å². The van der Waals surface area contributed by atoms with E-state index in [1.165, 1.54) is 5.57 Å². The van der Waals surface area contributed by atoms with Gasteiger partial charge in [0.05, 0.1) is 6.54 Å². The number of ether oxygens (including phenoxy) is 1. The van der Waals surface area contributed by atoms with Crippen LogP contribution in [0.5, 0.6) is 0 Å². The van der Waals surface area contributed by atoms with Gasteiger partial charge in [0.15, 0.2) is 11.6 Å². The highest BCUT2D eigenvalue weighted by Gasteiger charge is 2.51. The van der Waals surface area contributed by atoms with Gasteiger partial charge in [0.25, 0.3) is 0 Å². The number of hydrogen-bond donors (Lipinski definition) is 1. The number of hydrogen-bond acceptors (Lipinski definition) is 5. The molecule has 5 heteroatoms. The maximum absolute atomic E-state index is 12.9. The summed E-state index contributed by atoms with van der Waals surface area (Å²) in [5.74, 6) is 1.19. The van der Waals surface area contributed by atoms with Gasteiger partial charge in [0, 0.05) is 41.9 Å². The third kappa shape index (κ3) is 1.83. The van der Waals surface area contributed by atoms with E-state index < -0.39 is 0 Å². The van der Waals surface area contributed by atoms with Crippen molar-refractivity contribution in [1.82, 2.24) is 5.32 Å². The largest absolute Gasteiger partial charge is 0.381 e. The number of allylic oxidation sites excluding steroid dienone is 2. The summed E-state index contributed by atoms with van der Waals surface area (Å²) < 4.78 is 5.56. The van der Waals surface area contributed by atoms with Crippen LogP contribution in [0.1, 0.15) is 39.5 Å². The predicted molar refractivity (Wildman–Crippen MR) is 77.4 cm³/mol. The number of nitrogens with one attached hydrogen (secondary N) is 1. The predicted octanol–water partition coefficient (Wildman–Crippen LogP) is 2.71. The molecular weight excluding hydrogens is 266 g/mol. The molecule has 4 rings (SSSR count). The van der Waals surface area contributed by atoms with E-state index in [0.29, 0.717) is 32.0 Å². The second-order valence-electron chi connectivity index (χ2n) is 7.34. The van der Waals surface area contributed by atoms with Crippen LogP contribution in [-0.2, 0) is 9.53 Å². The quantitative estimate of drug-likeness (QED) is 0.745. The number of dihydropyridines is 1.